The molecule has 0 bridgehead atoms. The molecule has 2 N–H and O–H groups in total. The number of phenols is 2. The minimum absolute atomic E-state index is 0.323. The fourth-order valence-electron chi connectivity index (χ4n) is 0.973. The number of benzene rings is 1. The molecule has 1 aromatic carbocycles. The van der Waals surface area contributed by atoms with Crippen LogP contribution in [0.25, 0.3) is 0 Å². The number of rotatable bonds is 2. The highest BCUT2D eigenvalue weighted by Gasteiger charge is 2.35. The van der Waals surface area contributed by atoms with E-state index in [2.05, 4.69) is 0 Å². The van der Waals surface area contributed by atoms with E-state index in [9.17, 15) is 30.4 Å². The van der Waals surface area contributed by atoms with Crippen LogP contribution in [0.1, 0.15) is 0 Å². The molecule has 0 atom stereocenters. The van der Waals surface area contributed by atoms with Crippen molar-refractivity contribution in [3.05, 3.63) is 27.4 Å². The minimum atomic E-state index is -0.939. The van der Waals surface area contributed by atoms with Crippen LogP contribution in [-0.2, 0) is 0 Å². The van der Waals surface area contributed by atoms with Crippen LogP contribution in [0.5, 0.6) is 11.5 Å². The summed E-state index contributed by atoms with van der Waals surface area (Å²) in [6.07, 6.45) is 0. The van der Waals surface area contributed by atoms with E-state index in [1.54, 1.807) is 0 Å². The van der Waals surface area contributed by atoms with Crippen LogP contribution in [0.4, 0.5) is 11.4 Å². The normalized spacial score (nSPS) is 10.1. The molecule has 0 radical (unpaired) electrons. The van der Waals surface area contributed by atoms with E-state index in [0.717, 1.165) is 0 Å². The van der Waals surface area contributed by atoms with Gasteiger partial charge in [-0.05, 0) is 45.2 Å². The summed E-state index contributed by atoms with van der Waals surface area (Å²) < 4.78 is -0.737. The lowest BCUT2D eigenvalue weighted by molar-refractivity contribution is -0.397. The van der Waals surface area contributed by atoms with E-state index in [4.69, 9.17) is 0 Å². The molecule has 0 aliphatic rings. The number of nitrogens with zero attached hydrogens (tertiary/aromatic N) is 2. The van der Waals surface area contributed by atoms with Crippen LogP contribution in [0.3, 0.4) is 0 Å². The number of nitro groups is 2. The molecule has 0 saturated carbocycles. The van der Waals surface area contributed by atoms with Crippen molar-refractivity contribution < 1.29 is 20.1 Å². The first-order chi connectivity index (χ1) is 7.29. The summed E-state index contributed by atoms with van der Waals surface area (Å²) in [5.74, 6) is -1.56. The summed E-state index contributed by atoms with van der Waals surface area (Å²) in [7, 11) is 0. The Labute approximate surface area is 115 Å². The van der Waals surface area contributed by atoms with E-state index in [1.807, 2.05) is 0 Å². The topological polar surface area (TPSA) is 127 Å². The maximum Gasteiger partial charge on any atom is 0.332 e. The van der Waals surface area contributed by atoms with Gasteiger partial charge >= 0.3 is 11.4 Å². The van der Waals surface area contributed by atoms with Crippen molar-refractivity contribution in [2.75, 3.05) is 0 Å². The van der Waals surface area contributed by atoms with Gasteiger partial charge in [-0.2, -0.15) is 0 Å². The highest BCUT2D eigenvalue weighted by Crippen LogP contribution is 2.47. The lowest BCUT2D eigenvalue weighted by Crippen LogP contribution is -2.00. The lowest BCUT2D eigenvalue weighted by Gasteiger charge is -2.05. The number of aromatic hydroxyl groups is 2. The van der Waals surface area contributed by atoms with Crippen LogP contribution in [0.2, 0.25) is 0 Å². The van der Waals surface area contributed by atoms with E-state index < -0.39 is 36.3 Å². The Hall–Kier alpha value is -0.920. The largest absolute Gasteiger partial charge is 0.501 e. The molecule has 0 amide bonds. The van der Waals surface area contributed by atoms with Gasteiger partial charge in [-0.3, -0.25) is 20.2 Å². The maximum absolute atomic E-state index is 10.6. The predicted octanol–water partition coefficient (Wildman–Crippen LogP) is 2.12. The summed E-state index contributed by atoms with van der Waals surface area (Å²) >= 11 is 2.72. The molecular formula is C6H2I2N2O6. The molecule has 0 fully saturated rings. The van der Waals surface area contributed by atoms with Gasteiger partial charge in [0.05, 0.1) is 9.85 Å². The van der Waals surface area contributed by atoms with Crippen LogP contribution < -0.4 is 0 Å². The molecule has 0 saturated heterocycles. The number of phenolic OH excluding ortho intramolecular Hbond substituents is 2. The standard InChI is InChI=1S/C6H2I2N2O6/c7-1-3(9(13)14)5(11)2(8)6(12)4(1)10(15)16/h11-12H. The molecule has 1 aromatic rings. The zero-order chi connectivity index (χ0) is 12.6. The van der Waals surface area contributed by atoms with Gasteiger partial charge in [0.2, 0.25) is 11.5 Å². The molecule has 0 aromatic heterocycles. The third-order valence-electron chi connectivity index (χ3n) is 1.65. The quantitative estimate of drug-likeness (QED) is 0.403. The molecule has 0 spiro atoms. The second kappa shape index (κ2) is 4.52. The van der Waals surface area contributed by atoms with Gasteiger partial charge in [-0.15, -0.1) is 0 Å². The number of halogens is 2. The molecule has 8 nitrogen and oxygen atoms in total. The summed E-state index contributed by atoms with van der Waals surface area (Å²) in [5, 5.41) is 40.0. The van der Waals surface area contributed by atoms with Crippen LogP contribution in [0, 0.1) is 27.4 Å². The smallest absolute Gasteiger partial charge is 0.332 e. The maximum atomic E-state index is 10.6. The van der Waals surface area contributed by atoms with Crippen molar-refractivity contribution in [3.63, 3.8) is 0 Å². The van der Waals surface area contributed by atoms with Gasteiger partial charge in [0.1, 0.15) is 3.57 Å². The minimum Gasteiger partial charge on any atom is -0.501 e. The summed E-state index contributed by atoms with van der Waals surface area (Å²) in [6.45, 7) is 0. The highest BCUT2D eigenvalue weighted by atomic mass is 127. The van der Waals surface area contributed by atoms with E-state index >= 15 is 0 Å². The zero-order valence-electron chi connectivity index (χ0n) is 7.18. The molecule has 0 unspecified atom stereocenters. The monoisotopic (exact) mass is 452 g/mol. The second-order valence-electron chi connectivity index (χ2n) is 2.54. The Morgan fingerprint density at radius 3 is 1.44 bits per heavy atom. The Kier molecular flexibility index (Phi) is 3.72. The van der Waals surface area contributed by atoms with Gasteiger partial charge in [0, 0.05) is 0 Å². The number of hydrogen-bond acceptors (Lipinski definition) is 6. The van der Waals surface area contributed by atoms with E-state index in [0.29, 0.717) is 0 Å². The predicted molar refractivity (Wildman–Crippen MR) is 68.5 cm³/mol. The third-order valence-corrected chi connectivity index (χ3v) is 3.69. The molecule has 0 aliphatic carbocycles. The van der Waals surface area contributed by atoms with E-state index in [-0.39, 0.29) is 3.57 Å². The summed E-state index contributed by atoms with van der Waals surface area (Å²) in [5.41, 5.74) is -1.57. The third kappa shape index (κ3) is 1.98. The SMILES string of the molecule is O=[N+]([O-])c1c(O)c(I)c(O)c([N+](=O)[O-])c1I. The number of hydrogen-bond donors (Lipinski definition) is 2. The Morgan fingerprint density at radius 1 is 0.875 bits per heavy atom. The summed E-state index contributed by atoms with van der Waals surface area (Å²) in [6, 6.07) is 0. The average Bonchev–Trinajstić information content (AvgIpc) is 2.13. The average molecular weight is 452 g/mol. The fraction of sp³-hybridized carbons (Fsp3) is 0. The molecular weight excluding hydrogens is 450 g/mol. The Bertz CT molecular complexity index is 461. The van der Waals surface area contributed by atoms with Crippen molar-refractivity contribution in [1.82, 2.24) is 0 Å². The Morgan fingerprint density at radius 2 is 1.19 bits per heavy atom. The first-order valence-corrected chi connectivity index (χ1v) is 5.66. The summed E-state index contributed by atoms with van der Waals surface area (Å²) in [4.78, 5) is 19.4. The van der Waals surface area contributed by atoms with E-state index in [1.165, 1.54) is 45.2 Å². The first-order valence-electron chi connectivity index (χ1n) is 3.50. The van der Waals surface area contributed by atoms with Gasteiger partial charge in [-0.25, -0.2) is 0 Å². The zero-order valence-corrected chi connectivity index (χ0v) is 11.5. The van der Waals surface area contributed by atoms with Crippen molar-refractivity contribution in [2.45, 2.75) is 0 Å². The van der Waals surface area contributed by atoms with Gasteiger partial charge < -0.3 is 10.2 Å². The molecule has 10 heteroatoms. The molecule has 86 valence electrons. The van der Waals surface area contributed by atoms with Crippen molar-refractivity contribution in [1.29, 1.82) is 0 Å². The van der Waals surface area contributed by atoms with Crippen LogP contribution in [0.15, 0.2) is 0 Å². The van der Waals surface area contributed by atoms with Crippen molar-refractivity contribution in [2.24, 2.45) is 0 Å². The molecule has 0 aliphatic heterocycles. The lowest BCUT2D eigenvalue weighted by atomic mass is 10.2. The highest BCUT2D eigenvalue weighted by molar-refractivity contribution is 14.1. The molecule has 16 heavy (non-hydrogen) atoms. The molecule has 1 rings (SSSR count). The van der Waals surface area contributed by atoms with Crippen LogP contribution >= 0.6 is 45.2 Å². The Balaban J connectivity index is 3.80. The van der Waals surface area contributed by atoms with Crippen LogP contribution in [-0.4, -0.2) is 20.1 Å². The van der Waals surface area contributed by atoms with Gasteiger partial charge in [-0.1, -0.05) is 0 Å². The first kappa shape index (κ1) is 13.1. The van der Waals surface area contributed by atoms with Crippen molar-refractivity contribution >= 4 is 56.6 Å². The molecule has 0 heterocycles. The van der Waals surface area contributed by atoms with Gasteiger partial charge in [0.15, 0.2) is 3.57 Å². The van der Waals surface area contributed by atoms with Gasteiger partial charge in [0.25, 0.3) is 0 Å². The second-order valence-corrected chi connectivity index (χ2v) is 4.69. The number of nitro benzene ring substituents is 2. The van der Waals surface area contributed by atoms with Crippen molar-refractivity contribution in [3.8, 4) is 11.5 Å². The fourth-order valence-corrected chi connectivity index (χ4v) is 2.39.